The highest BCUT2D eigenvalue weighted by Crippen LogP contribution is 2.25. The molecule has 0 aromatic heterocycles. The second-order valence-electron chi connectivity index (χ2n) is 7.34. The van der Waals surface area contributed by atoms with Gasteiger partial charge in [0.25, 0.3) is 0 Å². The zero-order valence-corrected chi connectivity index (χ0v) is 17.9. The first kappa shape index (κ1) is 23.5. The SMILES string of the molecule is Cc1ccc(-c2ccc(N(C=O)[C@@H](CCOC(=O)Nc3ccc(F)cc3)C(=O)O)cc2)cc1. The number of halogens is 1. The molecule has 0 saturated carbocycles. The van der Waals surface area contributed by atoms with E-state index in [1.807, 2.05) is 43.3 Å². The second kappa shape index (κ2) is 10.9. The number of ether oxygens (including phenoxy) is 1. The van der Waals surface area contributed by atoms with Crippen LogP contribution in [0.5, 0.6) is 0 Å². The highest BCUT2D eigenvalue weighted by atomic mass is 19.1. The van der Waals surface area contributed by atoms with Crippen molar-refractivity contribution >= 4 is 29.8 Å². The van der Waals surface area contributed by atoms with E-state index in [-0.39, 0.29) is 13.0 Å². The number of aryl methyl sites for hydroxylation is 1. The maximum absolute atomic E-state index is 12.9. The van der Waals surface area contributed by atoms with Gasteiger partial charge in [-0.3, -0.25) is 10.1 Å². The zero-order chi connectivity index (χ0) is 23.8. The maximum atomic E-state index is 12.9. The fraction of sp³-hybridized carbons (Fsp3) is 0.160. The van der Waals surface area contributed by atoms with Crippen molar-refractivity contribution in [1.82, 2.24) is 0 Å². The van der Waals surface area contributed by atoms with Crippen LogP contribution in [0.4, 0.5) is 20.6 Å². The molecule has 0 bridgehead atoms. The molecule has 2 amide bonds. The Morgan fingerprint density at radius 3 is 2.12 bits per heavy atom. The van der Waals surface area contributed by atoms with Crippen LogP contribution in [0.25, 0.3) is 11.1 Å². The Labute approximate surface area is 190 Å². The zero-order valence-electron chi connectivity index (χ0n) is 17.9. The van der Waals surface area contributed by atoms with E-state index in [1.54, 1.807) is 12.1 Å². The standard InChI is InChI=1S/C25H23FN2O5/c1-17-2-4-18(5-3-17)19-6-12-22(13-7-19)28(16-29)23(24(30)31)14-15-33-25(32)27-21-10-8-20(26)9-11-21/h2-13,16,23H,14-15H2,1H3,(H,27,32)(H,30,31)/t23-/m0/s1. The summed E-state index contributed by atoms with van der Waals surface area (Å²) in [5.74, 6) is -1.67. The molecule has 0 spiro atoms. The lowest BCUT2D eigenvalue weighted by atomic mass is 10.0. The van der Waals surface area contributed by atoms with Gasteiger partial charge in [0.15, 0.2) is 0 Å². The van der Waals surface area contributed by atoms with E-state index >= 15 is 0 Å². The molecule has 8 heteroatoms. The average molecular weight is 450 g/mol. The van der Waals surface area contributed by atoms with Gasteiger partial charge in [-0.25, -0.2) is 14.0 Å². The molecule has 0 aliphatic heterocycles. The fourth-order valence-corrected chi connectivity index (χ4v) is 3.22. The molecular weight excluding hydrogens is 427 g/mol. The highest BCUT2D eigenvalue weighted by Gasteiger charge is 2.26. The molecule has 0 aliphatic carbocycles. The predicted octanol–water partition coefficient (Wildman–Crippen LogP) is 4.86. The number of hydrogen-bond acceptors (Lipinski definition) is 4. The summed E-state index contributed by atoms with van der Waals surface area (Å²) >= 11 is 0. The number of aliphatic carboxylic acids is 1. The molecule has 0 heterocycles. The number of nitrogens with zero attached hydrogens (tertiary/aromatic N) is 1. The van der Waals surface area contributed by atoms with Crippen molar-refractivity contribution in [2.24, 2.45) is 0 Å². The summed E-state index contributed by atoms with van der Waals surface area (Å²) < 4.78 is 18.0. The lowest BCUT2D eigenvalue weighted by Gasteiger charge is -2.25. The average Bonchev–Trinajstić information content (AvgIpc) is 2.81. The molecule has 1 atom stereocenters. The molecule has 7 nitrogen and oxygen atoms in total. The number of carbonyl (C=O) groups excluding carboxylic acids is 2. The number of amides is 2. The van der Waals surface area contributed by atoms with Crippen LogP contribution in [0, 0.1) is 12.7 Å². The summed E-state index contributed by atoms with van der Waals surface area (Å²) in [7, 11) is 0. The molecular formula is C25H23FN2O5. The summed E-state index contributed by atoms with van der Waals surface area (Å²) in [4.78, 5) is 36.5. The summed E-state index contributed by atoms with van der Waals surface area (Å²) in [6, 6.07) is 18.8. The van der Waals surface area contributed by atoms with Gasteiger partial charge >= 0.3 is 12.1 Å². The van der Waals surface area contributed by atoms with Gasteiger partial charge in [-0.2, -0.15) is 0 Å². The molecule has 3 aromatic carbocycles. The van der Waals surface area contributed by atoms with E-state index in [9.17, 15) is 23.9 Å². The molecule has 0 unspecified atom stereocenters. The summed E-state index contributed by atoms with van der Waals surface area (Å²) in [6.07, 6.45) is -0.492. The van der Waals surface area contributed by atoms with Gasteiger partial charge in [-0.1, -0.05) is 42.0 Å². The van der Waals surface area contributed by atoms with Crippen molar-refractivity contribution < 1.29 is 28.6 Å². The van der Waals surface area contributed by atoms with Gasteiger partial charge < -0.3 is 14.7 Å². The Morgan fingerprint density at radius 1 is 1.00 bits per heavy atom. The third-order valence-electron chi connectivity index (χ3n) is 5.00. The molecule has 0 saturated heterocycles. The van der Waals surface area contributed by atoms with Crippen molar-refractivity contribution in [3.8, 4) is 11.1 Å². The largest absolute Gasteiger partial charge is 0.480 e. The van der Waals surface area contributed by atoms with Gasteiger partial charge in [0.05, 0.1) is 6.61 Å². The number of carbonyl (C=O) groups is 3. The predicted molar refractivity (Wildman–Crippen MR) is 123 cm³/mol. The van der Waals surface area contributed by atoms with Crippen LogP contribution in [0.15, 0.2) is 72.8 Å². The summed E-state index contributed by atoms with van der Waals surface area (Å²) in [6.45, 7) is 1.76. The van der Waals surface area contributed by atoms with E-state index in [1.165, 1.54) is 24.3 Å². The van der Waals surface area contributed by atoms with Crippen molar-refractivity contribution in [2.75, 3.05) is 16.8 Å². The van der Waals surface area contributed by atoms with Crippen LogP contribution in [0.1, 0.15) is 12.0 Å². The first-order chi connectivity index (χ1) is 15.9. The van der Waals surface area contributed by atoms with E-state index < -0.39 is 23.9 Å². The minimum atomic E-state index is -1.23. The van der Waals surface area contributed by atoms with Crippen LogP contribution in [-0.4, -0.2) is 36.2 Å². The summed E-state index contributed by atoms with van der Waals surface area (Å²) in [5.41, 5.74) is 3.81. The van der Waals surface area contributed by atoms with Crippen molar-refractivity contribution in [1.29, 1.82) is 0 Å². The Morgan fingerprint density at radius 2 is 1.58 bits per heavy atom. The topological polar surface area (TPSA) is 95.9 Å². The van der Waals surface area contributed by atoms with E-state index in [0.29, 0.717) is 17.8 Å². The minimum Gasteiger partial charge on any atom is -0.480 e. The Kier molecular flexibility index (Phi) is 7.75. The number of nitrogens with one attached hydrogen (secondary N) is 1. The second-order valence-corrected chi connectivity index (χ2v) is 7.34. The van der Waals surface area contributed by atoms with Gasteiger partial charge in [0.2, 0.25) is 6.41 Å². The monoisotopic (exact) mass is 450 g/mol. The van der Waals surface area contributed by atoms with Crippen LogP contribution >= 0.6 is 0 Å². The van der Waals surface area contributed by atoms with Gasteiger partial charge in [-0.05, 0) is 54.4 Å². The van der Waals surface area contributed by atoms with Crippen LogP contribution in [0.2, 0.25) is 0 Å². The Balaban J connectivity index is 1.62. The van der Waals surface area contributed by atoms with Crippen molar-refractivity contribution in [3.05, 3.63) is 84.2 Å². The number of carboxylic acids is 1. The molecule has 0 radical (unpaired) electrons. The van der Waals surface area contributed by atoms with Gasteiger partial charge in [-0.15, -0.1) is 0 Å². The van der Waals surface area contributed by atoms with Crippen molar-refractivity contribution in [3.63, 3.8) is 0 Å². The number of rotatable bonds is 9. The van der Waals surface area contributed by atoms with Crippen LogP contribution < -0.4 is 10.2 Å². The maximum Gasteiger partial charge on any atom is 0.411 e. The molecule has 2 N–H and O–H groups in total. The van der Waals surface area contributed by atoms with Gasteiger partial charge in [0, 0.05) is 17.8 Å². The first-order valence-electron chi connectivity index (χ1n) is 10.2. The van der Waals surface area contributed by atoms with Gasteiger partial charge in [0.1, 0.15) is 11.9 Å². The van der Waals surface area contributed by atoms with E-state index in [4.69, 9.17) is 4.74 Å². The molecule has 0 aliphatic rings. The number of benzene rings is 3. The van der Waals surface area contributed by atoms with E-state index in [0.717, 1.165) is 21.6 Å². The number of anilines is 2. The first-order valence-corrected chi connectivity index (χ1v) is 10.2. The normalized spacial score (nSPS) is 11.3. The van der Waals surface area contributed by atoms with Crippen LogP contribution in [-0.2, 0) is 14.3 Å². The molecule has 3 rings (SSSR count). The third-order valence-corrected chi connectivity index (χ3v) is 5.00. The fourth-order valence-electron chi connectivity index (χ4n) is 3.22. The Hall–Kier alpha value is -4.20. The molecule has 3 aromatic rings. The van der Waals surface area contributed by atoms with Crippen molar-refractivity contribution in [2.45, 2.75) is 19.4 Å². The minimum absolute atomic E-state index is 0.120. The molecule has 33 heavy (non-hydrogen) atoms. The Bertz CT molecular complexity index is 1100. The van der Waals surface area contributed by atoms with E-state index in [2.05, 4.69) is 5.32 Å². The van der Waals surface area contributed by atoms with Crippen LogP contribution in [0.3, 0.4) is 0 Å². The highest BCUT2D eigenvalue weighted by molar-refractivity contribution is 5.88. The molecule has 0 fully saturated rings. The lowest BCUT2D eigenvalue weighted by molar-refractivity contribution is -0.139. The number of hydrogen-bond donors (Lipinski definition) is 2. The summed E-state index contributed by atoms with van der Waals surface area (Å²) in [5, 5.41) is 12.0. The smallest absolute Gasteiger partial charge is 0.411 e. The molecule has 170 valence electrons. The third kappa shape index (κ3) is 6.39. The lowest BCUT2D eigenvalue weighted by Crippen LogP contribution is -2.41. The number of carboxylic acid groups (broad SMARTS) is 1. The quantitative estimate of drug-likeness (QED) is 0.454.